The summed E-state index contributed by atoms with van der Waals surface area (Å²) in [5, 5.41) is 0. The van der Waals surface area contributed by atoms with E-state index >= 15 is 0 Å². The molecule has 0 aromatic heterocycles. The highest BCUT2D eigenvalue weighted by Crippen LogP contribution is 2.22. The van der Waals surface area contributed by atoms with E-state index in [0.717, 1.165) is 0 Å². The lowest BCUT2D eigenvalue weighted by Gasteiger charge is -2.07. The van der Waals surface area contributed by atoms with E-state index in [4.69, 9.17) is 0 Å². The molecular formula is C9H10I2. The maximum atomic E-state index is 2.39. The van der Waals surface area contributed by atoms with Crippen LogP contribution >= 0.6 is 45.2 Å². The van der Waals surface area contributed by atoms with Crippen molar-refractivity contribution in [3.63, 3.8) is 0 Å². The van der Waals surface area contributed by atoms with Crippen molar-refractivity contribution in [2.45, 2.75) is 19.8 Å². The summed E-state index contributed by atoms with van der Waals surface area (Å²) in [6, 6.07) is 6.58. The summed E-state index contributed by atoms with van der Waals surface area (Å²) in [5.74, 6) is 0.636. The summed E-state index contributed by atoms with van der Waals surface area (Å²) in [6.07, 6.45) is 0. The molecule has 0 radical (unpaired) electrons. The van der Waals surface area contributed by atoms with E-state index in [1.54, 1.807) is 0 Å². The maximum absolute atomic E-state index is 2.39. The summed E-state index contributed by atoms with van der Waals surface area (Å²) in [7, 11) is 0. The molecule has 0 nitrogen and oxygen atoms in total. The molecule has 0 N–H and O–H groups in total. The Labute approximate surface area is 95.0 Å². The van der Waals surface area contributed by atoms with Gasteiger partial charge in [-0.25, -0.2) is 0 Å². The van der Waals surface area contributed by atoms with Crippen LogP contribution in [-0.2, 0) is 0 Å². The van der Waals surface area contributed by atoms with Crippen molar-refractivity contribution in [2.75, 3.05) is 0 Å². The molecule has 1 rings (SSSR count). The van der Waals surface area contributed by atoms with E-state index < -0.39 is 0 Å². The fourth-order valence-corrected chi connectivity index (χ4v) is 2.43. The SMILES string of the molecule is CC(C)c1cc(I)ccc1I. The van der Waals surface area contributed by atoms with Crippen LogP contribution in [0, 0.1) is 7.14 Å². The first-order valence-electron chi connectivity index (χ1n) is 3.56. The second-order valence-corrected chi connectivity index (χ2v) is 5.23. The number of benzene rings is 1. The molecule has 60 valence electrons. The van der Waals surface area contributed by atoms with Gasteiger partial charge in [0.25, 0.3) is 0 Å². The molecule has 0 aliphatic carbocycles. The van der Waals surface area contributed by atoms with Gasteiger partial charge in [-0.2, -0.15) is 0 Å². The third-order valence-electron chi connectivity index (χ3n) is 1.58. The molecule has 0 saturated carbocycles. The van der Waals surface area contributed by atoms with Crippen LogP contribution in [0.5, 0.6) is 0 Å². The lowest BCUT2D eigenvalue weighted by atomic mass is 10.0. The van der Waals surface area contributed by atoms with Crippen molar-refractivity contribution >= 4 is 45.2 Å². The Hall–Kier alpha value is 0.680. The molecule has 1 aromatic rings. The minimum absolute atomic E-state index is 0.636. The first-order valence-corrected chi connectivity index (χ1v) is 5.72. The average molecular weight is 372 g/mol. The molecule has 0 aliphatic rings. The van der Waals surface area contributed by atoms with Gasteiger partial charge >= 0.3 is 0 Å². The minimum Gasteiger partial charge on any atom is -0.0586 e. The predicted octanol–water partition coefficient (Wildman–Crippen LogP) is 4.02. The largest absolute Gasteiger partial charge is 0.0586 e. The highest BCUT2D eigenvalue weighted by atomic mass is 127. The average Bonchev–Trinajstić information content (AvgIpc) is 1.94. The fourth-order valence-electron chi connectivity index (χ4n) is 0.957. The molecule has 2 heteroatoms. The normalized spacial score (nSPS) is 10.6. The van der Waals surface area contributed by atoms with Crippen molar-refractivity contribution in [1.82, 2.24) is 0 Å². The van der Waals surface area contributed by atoms with Gasteiger partial charge < -0.3 is 0 Å². The van der Waals surface area contributed by atoms with Gasteiger partial charge in [0.05, 0.1) is 0 Å². The number of hydrogen-bond acceptors (Lipinski definition) is 0. The third kappa shape index (κ3) is 2.57. The molecular weight excluding hydrogens is 362 g/mol. The molecule has 0 heterocycles. The molecule has 1 aromatic carbocycles. The standard InChI is InChI=1S/C9H10I2/c1-6(2)8-5-7(10)3-4-9(8)11/h3-6H,1-2H3. The molecule has 0 spiro atoms. The fraction of sp³-hybridized carbons (Fsp3) is 0.333. The Kier molecular flexibility index (Phi) is 3.61. The lowest BCUT2D eigenvalue weighted by molar-refractivity contribution is 0.859. The van der Waals surface area contributed by atoms with Gasteiger partial charge in [0.2, 0.25) is 0 Å². The smallest absolute Gasteiger partial charge is 0.0165 e. The Bertz CT molecular complexity index is 254. The van der Waals surface area contributed by atoms with Crippen molar-refractivity contribution < 1.29 is 0 Å². The van der Waals surface area contributed by atoms with Gasteiger partial charge in [0.1, 0.15) is 0 Å². The van der Waals surface area contributed by atoms with Gasteiger partial charge in [-0.05, 0) is 74.9 Å². The zero-order chi connectivity index (χ0) is 8.43. The zero-order valence-electron chi connectivity index (χ0n) is 6.57. The minimum atomic E-state index is 0.636. The van der Waals surface area contributed by atoms with Gasteiger partial charge in [0, 0.05) is 7.14 Å². The third-order valence-corrected chi connectivity index (χ3v) is 3.23. The van der Waals surface area contributed by atoms with Crippen LogP contribution < -0.4 is 0 Å². The Morgan fingerprint density at radius 3 is 2.27 bits per heavy atom. The molecule has 11 heavy (non-hydrogen) atoms. The van der Waals surface area contributed by atoms with Crippen molar-refractivity contribution in [2.24, 2.45) is 0 Å². The van der Waals surface area contributed by atoms with Crippen LogP contribution in [0.3, 0.4) is 0 Å². The van der Waals surface area contributed by atoms with Gasteiger partial charge in [-0.3, -0.25) is 0 Å². The van der Waals surface area contributed by atoms with Crippen molar-refractivity contribution in [3.8, 4) is 0 Å². The predicted molar refractivity (Wildman–Crippen MR) is 66.0 cm³/mol. The van der Waals surface area contributed by atoms with Gasteiger partial charge in [-0.1, -0.05) is 13.8 Å². The molecule has 0 unspecified atom stereocenters. The van der Waals surface area contributed by atoms with Gasteiger partial charge in [-0.15, -0.1) is 0 Å². The number of hydrogen-bond donors (Lipinski definition) is 0. The van der Waals surface area contributed by atoms with Crippen LogP contribution in [0.15, 0.2) is 18.2 Å². The molecule has 0 atom stereocenters. The van der Waals surface area contributed by atoms with Crippen molar-refractivity contribution in [3.05, 3.63) is 30.9 Å². The maximum Gasteiger partial charge on any atom is 0.0165 e. The van der Waals surface area contributed by atoms with Crippen LogP contribution in [0.2, 0.25) is 0 Å². The molecule has 0 aliphatic heterocycles. The van der Waals surface area contributed by atoms with Crippen LogP contribution in [-0.4, -0.2) is 0 Å². The first kappa shape index (κ1) is 9.77. The van der Waals surface area contributed by atoms with E-state index in [-0.39, 0.29) is 0 Å². The Morgan fingerprint density at radius 2 is 1.82 bits per heavy atom. The molecule has 0 saturated heterocycles. The van der Waals surface area contributed by atoms with E-state index in [1.807, 2.05) is 0 Å². The number of rotatable bonds is 1. The quantitative estimate of drug-likeness (QED) is 0.654. The summed E-state index contributed by atoms with van der Waals surface area (Å²) in [4.78, 5) is 0. The van der Waals surface area contributed by atoms with Crippen molar-refractivity contribution in [1.29, 1.82) is 0 Å². The van der Waals surface area contributed by atoms with Crippen LogP contribution in [0.25, 0.3) is 0 Å². The topological polar surface area (TPSA) is 0 Å². The van der Waals surface area contributed by atoms with E-state index in [1.165, 1.54) is 12.7 Å². The van der Waals surface area contributed by atoms with Gasteiger partial charge in [0.15, 0.2) is 0 Å². The zero-order valence-corrected chi connectivity index (χ0v) is 10.9. The monoisotopic (exact) mass is 372 g/mol. The molecule has 0 bridgehead atoms. The summed E-state index contributed by atoms with van der Waals surface area (Å²) in [5.41, 5.74) is 1.46. The van der Waals surface area contributed by atoms with E-state index in [0.29, 0.717) is 5.92 Å². The lowest BCUT2D eigenvalue weighted by Crippen LogP contribution is -1.91. The summed E-state index contributed by atoms with van der Waals surface area (Å²) in [6.45, 7) is 4.46. The Morgan fingerprint density at radius 1 is 1.18 bits per heavy atom. The first-order chi connectivity index (χ1) is 5.11. The number of halogens is 2. The Balaban J connectivity index is 3.13. The molecule has 0 amide bonds. The highest BCUT2D eigenvalue weighted by Gasteiger charge is 2.03. The summed E-state index contributed by atoms with van der Waals surface area (Å²) >= 11 is 4.74. The summed E-state index contributed by atoms with van der Waals surface area (Å²) < 4.78 is 2.70. The van der Waals surface area contributed by atoms with Crippen LogP contribution in [0.4, 0.5) is 0 Å². The second-order valence-electron chi connectivity index (χ2n) is 2.82. The molecule has 0 fully saturated rings. The van der Waals surface area contributed by atoms with E-state index in [2.05, 4.69) is 77.2 Å². The van der Waals surface area contributed by atoms with E-state index in [9.17, 15) is 0 Å². The second kappa shape index (κ2) is 4.07. The van der Waals surface area contributed by atoms with Crippen LogP contribution in [0.1, 0.15) is 25.3 Å². The highest BCUT2D eigenvalue weighted by molar-refractivity contribution is 14.1.